The molecule has 2 aliphatic rings. The van der Waals surface area contributed by atoms with Gasteiger partial charge in [-0.2, -0.15) is 0 Å². The molecule has 0 spiro atoms. The molecule has 1 N–H and O–H groups in total. The zero-order valence-electron chi connectivity index (χ0n) is 15.6. The summed E-state index contributed by atoms with van der Waals surface area (Å²) in [6.07, 6.45) is 1.53. The van der Waals surface area contributed by atoms with E-state index in [-0.39, 0.29) is 18.6 Å². The third-order valence-corrected chi connectivity index (χ3v) is 4.97. The van der Waals surface area contributed by atoms with Crippen LogP contribution in [0, 0.1) is 12.8 Å². The SMILES string of the molecule is CCOC(=O)[C@@H]1CCC[NH+](CN2C(=O)C(=O)N(c3ccc(C)cc3)C2=O)C1. The van der Waals surface area contributed by atoms with Crippen molar-refractivity contribution < 1.29 is 28.8 Å². The highest BCUT2D eigenvalue weighted by Gasteiger charge is 2.47. The number of nitrogens with one attached hydrogen (secondary N) is 1. The van der Waals surface area contributed by atoms with Crippen molar-refractivity contribution in [3.8, 4) is 0 Å². The van der Waals surface area contributed by atoms with Gasteiger partial charge in [0.15, 0.2) is 6.67 Å². The Kier molecular flexibility index (Phi) is 5.55. The number of quaternary nitrogens is 1. The summed E-state index contributed by atoms with van der Waals surface area (Å²) in [5.41, 5.74) is 1.37. The van der Waals surface area contributed by atoms with Crippen LogP contribution in [0.3, 0.4) is 0 Å². The van der Waals surface area contributed by atoms with Gasteiger partial charge < -0.3 is 9.64 Å². The molecule has 1 aromatic rings. The lowest BCUT2D eigenvalue weighted by Crippen LogP contribution is -3.15. The topological polar surface area (TPSA) is 88.4 Å². The number of anilines is 1. The van der Waals surface area contributed by atoms with Gasteiger partial charge in [0.1, 0.15) is 5.92 Å². The lowest BCUT2D eigenvalue weighted by molar-refractivity contribution is -0.914. The molecule has 2 atom stereocenters. The number of carbonyl (C=O) groups is 4. The highest BCUT2D eigenvalue weighted by atomic mass is 16.5. The molecule has 144 valence electrons. The van der Waals surface area contributed by atoms with Crippen LogP contribution in [0.2, 0.25) is 0 Å². The Morgan fingerprint density at radius 3 is 2.56 bits per heavy atom. The van der Waals surface area contributed by atoms with Crippen LogP contribution in [-0.2, 0) is 19.1 Å². The van der Waals surface area contributed by atoms with Crippen LogP contribution < -0.4 is 9.80 Å². The van der Waals surface area contributed by atoms with Crippen molar-refractivity contribution in [2.75, 3.05) is 31.3 Å². The number of carbonyl (C=O) groups excluding carboxylic acids is 4. The molecule has 8 heteroatoms. The summed E-state index contributed by atoms with van der Waals surface area (Å²) in [6, 6.07) is 6.21. The predicted octanol–water partition coefficient (Wildman–Crippen LogP) is 0.106. The predicted molar refractivity (Wildman–Crippen MR) is 95.8 cm³/mol. The van der Waals surface area contributed by atoms with Gasteiger partial charge in [-0.15, -0.1) is 0 Å². The smallest absolute Gasteiger partial charge is 0.343 e. The summed E-state index contributed by atoms with van der Waals surface area (Å²) in [7, 11) is 0. The largest absolute Gasteiger partial charge is 0.466 e. The maximum absolute atomic E-state index is 12.7. The quantitative estimate of drug-likeness (QED) is 0.449. The number of aryl methyl sites for hydroxylation is 1. The number of likely N-dealkylation sites (tertiary alicyclic amines) is 1. The van der Waals surface area contributed by atoms with E-state index in [4.69, 9.17) is 4.74 Å². The molecule has 0 radical (unpaired) electrons. The molecule has 0 saturated carbocycles. The van der Waals surface area contributed by atoms with Crippen LogP contribution in [0.25, 0.3) is 0 Å². The van der Waals surface area contributed by atoms with Crippen molar-refractivity contribution in [3.05, 3.63) is 29.8 Å². The van der Waals surface area contributed by atoms with Gasteiger partial charge in [0.2, 0.25) is 0 Å². The Bertz CT molecular complexity index is 761. The molecule has 2 fully saturated rings. The Hall–Kier alpha value is -2.74. The van der Waals surface area contributed by atoms with Gasteiger partial charge >= 0.3 is 23.8 Å². The molecule has 4 amide bonds. The van der Waals surface area contributed by atoms with Crippen molar-refractivity contribution in [2.24, 2.45) is 5.92 Å². The molecule has 2 aliphatic heterocycles. The number of piperidine rings is 1. The molecule has 27 heavy (non-hydrogen) atoms. The number of amides is 4. The van der Waals surface area contributed by atoms with Gasteiger partial charge in [0, 0.05) is 0 Å². The minimum atomic E-state index is -0.845. The molecule has 0 bridgehead atoms. The average molecular weight is 374 g/mol. The molecular formula is C19H24N3O5+. The lowest BCUT2D eigenvalue weighted by Gasteiger charge is -2.30. The molecule has 8 nitrogen and oxygen atoms in total. The maximum Gasteiger partial charge on any atom is 0.343 e. The number of ether oxygens (including phenoxy) is 1. The Labute approximate surface area is 157 Å². The molecule has 2 heterocycles. The number of benzene rings is 1. The average Bonchev–Trinajstić information content (AvgIpc) is 2.87. The standard InChI is InChI=1S/C19H23N3O5/c1-3-27-18(25)14-5-4-10-20(11-14)12-21-16(23)17(24)22(19(21)26)15-8-6-13(2)7-9-15/h6-9,14H,3-5,10-12H2,1-2H3/p+1/t14-/m1/s1. The molecule has 3 rings (SSSR count). The summed E-state index contributed by atoms with van der Waals surface area (Å²) in [4.78, 5) is 52.2. The van der Waals surface area contributed by atoms with Crippen molar-refractivity contribution in [1.82, 2.24) is 4.90 Å². The fourth-order valence-electron chi connectivity index (χ4n) is 3.55. The molecule has 0 aromatic heterocycles. The van der Waals surface area contributed by atoms with Crippen LogP contribution in [0.15, 0.2) is 24.3 Å². The van der Waals surface area contributed by atoms with E-state index in [9.17, 15) is 19.2 Å². The molecule has 0 aliphatic carbocycles. The minimum Gasteiger partial charge on any atom is -0.466 e. The van der Waals surface area contributed by atoms with E-state index >= 15 is 0 Å². The van der Waals surface area contributed by atoms with E-state index < -0.39 is 17.8 Å². The van der Waals surface area contributed by atoms with Gasteiger partial charge in [0.25, 0.3) is 0 Å². The molecular weight excluding hydrogens is 350 g/mol. The van der Waals surface area contributed by atoms with Gasteiger partial charge in [-0.05, 0) is 38.8 Å². The normalized spacial score (nSPS) is 23.1. The second-order valence-electron chi connectivity index (χ2n) is 6.95. The zero-order chi connectivity index (χ0) is 19.6. The van der Waals surface area contributed by atoms with E-state index in [1.165, 1.54) is 0 Å². The first-order chi connectivity index (χ1) is 12.9. The number of esters is 1. The zero-order valence-corrected chi connectivity index (χ0v) is 15.6. The van der Waals surface area contributed by atoms with Gasteiger partial charge in [0.05, 0.1) is 25.4 Å². The summed E-state index contributed by atoms with van der Waals surface area (Å²) in [5.74, 6) is -2.16. The number of nitrogens with zero attached hydrogens (tertiary/aromatic N) is 2. The third kappa shape index (κ3) is 3.85. The van der Waals surface area contributed by atoms with E-state index in [1.54, 1.807) is 31.2 Å². The fraction of sp³-hybridized carbons (Fsp3) is 0.474. The fourth-order valence-corrected chi connectivity index (χ4v) is 3.55. The van der Waals surface area contributed by atoms with Crippen LogP contribution in [0.4, 0.5) is 10.5 Å². The minimum absolute atomic E-state index is 0.0711. The van der Waals surface area contributed by atoms with Crippen molar-refractivity contribution >= 4 is 29.5 Å². The second kappa shape index (κ2) is 7.87. The van der Waals surface area contributed by atoms with E-state index in [2.05, 4.69) is 0 Å². The first kappa shape index (κ1) is 19.0. The van der Waals surface area contributed by atoms with Gasteiger partial charge in [-0.25, -0.2) is 14.6 Å². The first-order valence-electron chi connectivity index (χ1n) is 9.19. The summed E-state index contributed by atoms with van der Waals surface area (Å²) in [6.45, 7) is 5.27. The van der Waals surface area contributed by atoms with E-state index in [0.29, 0.717) is 18.8 Å². The third-order valence-electron chi connectivity index (χ3n) is 4.97. The highest BCUT2D eigenvalue weighted by molar-refractivity contribution is 6.52. The monoisotopic (exact) mass is 374 g/mol. The number of rotatable bonds is 5. The maximum atomic E-state index is 12.7. The number of urea groups is 1. The van der Waals surface area contributed by atoms with Gasteiger partial charge in [-0.1, -0.05) is 17.7 Å². The van der Waals surface area contributed by atoms with Gasteiger partial charge in [-0.3, -0.25) is 14.4 Å². The Balaban J connectivity index is 1.70. The highest BCUT2D eigenvalue weighted by Crippen LogP contribution is 2.22. The number of hydrogen-bond donors (Lipinski definition) is 1. The van der Waals surface area contributed by atoms with Crippen molar-refractivity contribution in [1.29, 1.82) is 0 Å². The number of hydrogen-bond acceptors (Lipinski definition) is 5. The van der Waals surface area contributed by atoms with Crippen LogP contribution in [0.5, 0.6) is 0 Å². The summed E-state index contributed by atoms with van der Waals surface area (Å²) < 4.78 is 5.08. The van der Waals surface area contributed by atoms with E-state index in [1.807, 2.05) is 6.92 Å². The summed E-state index contributed by atoms with van der Waals surface area (Å²) >= 11 is 0. The Morgan fingerprint density at radius 2 is 1.89 bits per heavy atom. The summed E-state index contributed by atoms with van der Waals surface area (Å²) in [5, 5.41) is 0. The molecule has 1 aromatic carbocycles. The lowest BCUT2D eigenvalue weighted by atomic mass is 9.98. The van der Waals surface area contributed by atoms with Crippen LogP contribution in [0.1, 0.15) is 25.3 Å². The van der Waals surface area contributed by atoms with Crippen LogP contribution in [-0.4, -0.2) is 55.1 Å². The molecule has 1 unspecified atom stereocenters. The second-order valence-corrected chi connectivity index (χ2v) is 6.95. The number of imide groups is 2. The van der Waals surface area contributed by atoms with E-state index in [0.717, 1.165) is 39.6 Å². The van der Waals surface area contributed by atoms with Crippen molar-refractivity contribution in [3.63, 3.8) is 0 Å². The van der Waals surface area contributed by atoms with Crippen molar-refractivity contribution in [2.45, 2.75) is 26.7 Å². The first-order valence-corrected chi connectivity index (χ1v) is 9.19. The van der Waals surface area contributed by atoms with Crippen LogP contribution >= 0.6 is 0 Å². The molecule has 2 saturated heterocycles. The Morgan fingerprint density at radius 1 is 1.19 bits per heavy atom.